The first-order chi connectivity index (χ1) is 8.72. The van der Waals surface area contributed by atoms with Crippen LogP contribution in [0.15, 0.2) is 0 Å². The van der Waals surface area contributed by atoms with E-state index in [0.717, 1.165) is 13.0 Å². The monoisotopic (exact) mass is 283 g/mol. The SMILES string of the molecule is CC(C)(C)OC1CC(C(C)(C)C)N(C(=O)C(C)(C)C)C1. The van der Waals surface area contributed by atoms with Crippen molar-refractivity contribution in [1.82, 2.24) is 4.90 Å². The van der Waals surface area contributed by atoms with Crippen LogP contribution in [0.2, 0.25) is 0 Å². The molecule has 1 rings (SSSR count). The molecule has 1 aliphatic heterocycles. The van der Waals surface area contributed by atoms with E-state index in [9.17, 15) is 4.79 Å². The Morgan fingerprint density at radius 2 is 1.50 bits per heavy atom. The first-order valence-corrected chi connectivity index (χ1v) is 7.71. The Hall–Kier alpha value is -0.570. The quantitative estimate of drug-likeness (QED) is 0.731. The van der Waals surface area contributed by atoms with E-state index in [1.165, 1.54) is 0 Å². The molecular weight excluding hydrogens is 250 g/mol. The number of nitrogens with zero attached hydrogens (tertiary/aromatic N) is 1. The van der Waals surface area contributed by atoms with Gasteiger partial charge in [-0.05, 0) is 32.6 Å². The van der Waals surface area contributed by atoms with Crippen molar-refractivity contribution in [2.45, 2.75) is 86.5 Å². The van der Waals surface area contributed by atoms with Crippen LogP contribution < -0.4 is 0 Å². The number of ether oxygens (including phenoxy) is 1. The minimum atomic E-state index is -0.333. The van der Waals surface area contributed by atoms with Crippen molar-refractivity contribution in [3.63, 3.8) is 0 Å². The van der Waals surface area contributed by atoms with Crippen LogP contribution in [0.1, 0.15) is 68.7 Å². The first kappa shape index (κ1) is 17.5. The molecule has 0 aliphatic carbocycles. The predicted octanol–water partition coefficient (Wildman–Crippen LogP) is 3.86. The summed E-state index contributed by atoms with van der Waals surface area (Å²) in [7, 11) is 0. The Morgan fingerprint density at radius 1 is 1.00 bits per heavy atom. The van der Waals surface area contributed by atoms with Crippen LogP contribution in [0.25, 0.3) is 0 Å². The second-order valence-corrected chi connectivity index (χ2v) is 9.18. The molecule has 0 spiro atoms. The molecule has 2 atom stereocenters. The molecule has 1 aliphatic rings. The van der Waals surface area contributed by atoms with E-state index in [1.807, 2.05) is 20.8 Å². The van der Waals surface area contributed by atoms with Crippen LogP contribution >= 0.6 is 0 Å². The highest BCUT2D eigenvalue weighted by atomic mass is 16.5. The standard InChI is InChI=1S/C17H33NO2/c1-15(2,3)13-10-12(20-17(7,8)9)11-18(13)14(19)16(4,5)6/h12-13H,10-11H2,1-9H3. The molecule has 0 aromatic rings. The Kier molecular flexibility index (Phi) is 4.65. The van der Waals surface area contributed by atoms with Crippen molar-refractivity contribution in [3.05, 3.63) is 0 Å². The summed E-state index contributed by atoms with van der Waals surface area (Å²) in [4.78, 5) is 14.8. The summed E-state index contributed by atoms with van der Waals surface area (Å²) in [5.74, 6) is 0.234. The van der Waals surface area contributed by atoms with Gasteiger partial charge in [-0.2, -0.15) is 0 Å². The molecule has 3 heteroatoms. The van der Waals surface area contributed by atoms with Gasteiger partial charge in [-0.1, -0.05) is 41.5 Å². The average Bonchev–Trinajstić information content (AvgIpc) is 2.55. The van der Waals surface area contributed by atoms with Crippen LogP contribution in [0.5, 0.6) is 0 Å². The van der Waals surface area contributed by atoms with Crippen molar-refractivity contribution in [1.29, 1.82) is 0 Å². The Balaban J connectivity index is 2.94. The zero-order valence-electron chi connectivity index (χ0n) is 14.8. The lowest BCUT2D eigenvalue weighted by atomic mass is 9.83. The highest BCUT2D eigenvalue weighted by Gasteiger charge is 2.45. The fourth-order valence-electron chi connectivity index (χ4n) is 2.86. The maximum absolute atomic E-state index is 12.7. The fraction of sp³-hybridized carbons (Fsp3) is 0.941. The Morgan fingerprint density at radius 3 is 1.85 bits per heavy atom. The third-order valence-electron chi connectivity index (χ3n) is 3.69. The summed E-state index contributed by atoms with van der Waals surface area (Å²) in [6.45, 7) is 19.6. The van der Waals surface area contributed by atoms with Gasteiger partial charge in [0, 0.05) is 18.0 Å². The van der Waals surface area contributed by atoms with Crippen molar-refractivity contribution in [3.8, 4) is 0 Å². The Bertz CT molecular complexity index is 355. The van der Waals surface area contributed by atoms with E-state index in [-0.39, 0.29) is 34.5 Å². The highest BCUT2D eigenvalue weighted by molar-refractivity contribution is 5.82. The van der Waals surface area contributed by atoms with Gasteiger partial charge in [0.2, 0.25) is 5.91 Å². The van der Waals surface area contributed by atoms with Gasteiger partial charge in [-0.25, -0.2) is 0 Å². The lowest BCUT2D eigenvalue weighted by Crippen LogP contribution is -2.47. The van der Waals surface area contributed by atoms with E-state index in [0.29, 0.717) is 0 Å². The van der Waals surface area contributed by atoms with Gasteiger partial charge in [-0.3, -0.25) is 4.79 Å². The van der Waals surface area contributed by atoms with E-state index in [4.69, 9.17) is 4.74 Å². The summed E-state index contributed by atoms with van der Waals surface area (Å²) >= 11 is 0. The van der Waals surface area contributed by atoms with E-state index in [2.05, 4.69) is 46.4 Å². The molecule has 2 unspecified atom stereocenters. The second-order valence-electron chi connectivity index (χ2n) is 9.18. The number of carbonyl (C=O) groups is 1. The normalized spacial score (nSPS) is 25.1. The zero-order valence-corrected chi connectivity index (χ0v) is 14.8. The van der Waals surface area contributed by atoms with Gasteiger partial charge >= 0.3 is 0 Å². The van der Waals surface area contributed by atoms with Crippen LogP contribution in [0.3, 0.4) is 0 Å². The topological polar surface area (TPSA) is 29.5 Å². The number of amides is 1. The lowest BCUT2D eigenvalue weighted by Gasteiger charge is -2.37. The molecule has 1 heterocycles. The molecule has 0 aromatic carbocycles. The van der Waals surface area contributed by atoms with Crippen molar-refractivity contribution in [2.75, 3.05) is 6.54 Å². The molecule has 1 fully saturated rings. The van der Waals surface area contributed by atoms with Gasteiger partial charge < -0.3 is 9.64 Å². The average molecular weight is 283 g/mol. The summed E-state index contributed by atoms with van der Waals surface area (Å²) in [5.41, 5.74) is -0.412. The van der Waals surface area contributed by atoms with Crippen molar-refractivity contribution in [2.24, 2.45) is 10.8 Å². The molecule has 0 N–H and O–H groups in total. The molecule has 0 saturated carbocycles. The number of carbonyl (C=O) groups excluding carboxylic acids is 1. The third-order valence-corrected chi connectivity index (χ3v) is 3.69. The van der Waals surface area contributed by atoms with E-state index >= 15 is 0 Å². The largest absolute Gasteiger partial charge is 0.371 e. The number of likely N-dealkylation sites (tertiary alicyclic amines) is 1. The van der Waals surface area contributed by atoms with Gasteiger partial charge in [0.15, 0.2) is 0 Å². The zero-order chi connectivity index (χ0) is 15.9. The maximum Gasteiger partial charge on any atom is 0.228 e. The number of hydrogen-bond donors (Lipinski definition) is 0. The van der Waals surface area contributed by atoms with Crippen LogP contribution in [0.4, 0.5) is 0 Å². The third kappa shape index (κ3) is 4.47. The molecule has 20 heavy (non-hydrogen) atoms. The Labute approximate surface area is 125 Å². The predicted molar refractivity (Wildman–Crippen MR) is 83.7 cm³/mol. The first-order valence-electron chi connectivity index (χ1n) is 7.71. The molecule has 3 nitrogen and oxygen atoms in total. The molecule has 118 valence electrons. The maximum atomic E-state index is 12.7. The van der Waals surface area contributed by atoms with Gasteiger partial charge in [-0.15, -0.1) is 0 Å². The summed E-state index contributed by atoms with van der Waals surface area (Å²) < 4.78 is 6.12. The molecule has 0 bridgehead atoms. The van der Waals surface area contributed by atoms with Crippen LogP contribution in [0, 0.1) is 10.8 Å². The number of rotatable bonds is 1. The molecular formula is C17H33NO2. The van der Waals surface area contributed by atoms with Gasteiger partial charge in [0.05, 0.1) is 11.7 Å². The highest BCUT2D eigenvalue weighted by Crippen LogP contribution is 2.37. The van der Waals surface area contributed by atoms with Crippen LogP contribution in [-0.4, -0.2) is 35.1 Å². The number of hydrogen-bond acceptors (Lipinski definition) is 2. The fourth-order valence-corrected chi connectivity index (χ4v) is 2.86. The van der Waals surface area contributed by atoms with Crippen molar-refractivity contribution >= 4 is 5.91 Å². The summed E-state index contributed by atoms with van der Waals surface area (Å²) in [5, 5.41) is 0. The van der Waals surface area contributed by atoms with Gasteiger partial charge in [0.25, 0.3) is 0 Å². The van der Waals surface area contributed by atoms with Crippen LogP contribution in [-0.2, 0) is 9.53 Å². The summed E-state index contributed by atoms with van der Waals surface area (Å²) in [6, 6.07) is 0.251. The lowest BCUT2D eigenvalue weighted by molar-refractivity contribution is -0.143. The van der Waals surface area contributed by atoms with E-state index < -0.39 is 0 Å². The van der Waals surface area contributed by atoms with E-state index in [1.54, 1.807) is 0 Å². The summed E-state index contributed by atoms with van der Waals surface area (Å²) in [6.07, 6.45) is 1.08. The second kappa shape index (κ2) is 5.32. The molecule has 1 amide bonds. The smallest absolute Gasteiger partial charge is 0.228 e. The molecule has 0 radical (unpaired) electrons. The van der Waals surface area contributed by atoms with Crippen molar-refractivity contribution < 1.29 is 9.53 Å². The molecule has 1 saturated heterocycles. The minimum absolute atomic E-state index is 0.0803. The minimum Gasteiger partial charge on any atom is -0.371 e. The van der Waals surface area contributed by atoms with Gasteiger partial charge in [0.1, 0.15) is 0 Å². The molecule has 0 aromatic heterocycles.